The molecule has 212 valence electrons. The molecule has 0 unspecified atom stereocenters. The number of fused-ring (bicyclic) bond motifs is 3. The Kier molecular flexibility index (Phi) is 8.92. The van der Waals surface area contributed by atoms with Crippen LogP contribution in [0.1, 0.15) is 88.3 Å². The van der Waals surface area contributed by atoms with Gasteiger partial charge in [0.15, 0.2) is 0 Å². The predicted octanol–water partition coefficient (Wildman–Crippen LogP) is 11.0. The van der Waals surface area contributed by atoms with Crippen molar-refractivity contribution in [3.8, 4) is 0 Å². The van der Waals surface area contributed by atoms with Gasteiger partial charge in [-0.15, -0.1) is 33.7 Å². The van der Waals surface area contributed by atoms with Gasteiger partial charge in [-0.25, -0.2) is 0 Å². The quantitative estimate of drug-likeness (QED) is 0.174. The fraction of sp³-hybridized carbons (Fsp3) is 0.268. The fourth-order valence-corrected chi connectivity index (χ4v) is 6.97. The van der Waals surface area contributed by atoms with Gasteiger partial charge in [-0.1, -0.05) is 113 Å². The van der Waals surface area contributed by atoms with Crippen LogP contribution >= 0.6 is 0 Å². The Hall–Kier alpha value is -3.02. The van der Waals surface area contributed by atoms with Crippen LogP contribution in [-0.4, -0.2) is 3.21 Å². The van der Waals surface area contributed by atoms with Crippen LogP contribution in [-0.2, 0) is 41.5 Å². The first-order valence-electron chi connectivity index (χ1n) is 15.2. The van der Waals surface area contributed by atoms with Crippen molar-refractivity contribution in [1.82, 2.24) is 0 Å². The second-order valence-electron chi connectivity index (χ2n) is 13.5. The summed E-state index contributed by atoms with van der Waals surface area (Å²) in [5, 5.41) is 5.62. The van der Waals surface area contributed by atoms with Crippen LogP contribution in [0.3, 0.4) is 0 Å². The SMILES string of the molecule is CCc1cc2c([cH-]c3cc(C(C)(C)C)ccc32)c(C2=CC=CC2)c1C(C)(C)C.[Zr]=[C](c1ccccc1)c1ccccc1. The van der Waals surface area contributed by atoms with Crippen LogP contribution in [0.25, 0.3) is 27.1 Å². The molecule has 0 fully saturated rings. The number of benzene rings is 4. The number of hydrogen-bond donors (Lipinski definition) is 0. The molecule has 1 aliphatic rings. The molecule has 0 bridgehead atoms. The Balaban J connectivity index is 0.000000211. The molecule has 0 radical (unpaired) electrons. The van der Waals surface area contributed by atoms with E-state index < -0.39 is 0 Å². The molecule has 0 atom stereocenters. The van der Waals surface area contributed by atoms with Crippen molar-refractivity contribution in [2.45, 2.75) is 72.1 Å². The molecule has 1 heteroatoms. The molecule has 0 saturated carbocycles. The molecule has 1 aliphatic carbocycles. The van der Waals surface area contributed by atoms with Gasteiger partial charge in [0.25, 0.3) is 0 Å². The van der Waals surface area contributed by atoms with Gasteiger partial charge in [0.1, 0.15) is 0 Å². The van der Waals surface area contributed by atoms with Gasteiger partial charge >= 0.3 is 99.2 Å². The second-order valence-corrected chi connectivity index (χ2v) is 14.7. The molecule has 0 aliphatic heterocycles. The molecule has 0 N–H and O–H groups in total. The van der Waals surface area contributed by atoms with E-state index in [4.69, 9.17) is 0 Å². The molecule has 0 nitrogen and oxygen atoms in total. The Bertz CT molecular complexity index is 1740. The van der Waals surface area contributed by atoms with Crippen molar-refractivity contribution >= 4 is 30.3 Å². The summed E-state index contributed by atoms with van der Waals surface area (Å²) in [6.45, 7) is 16.3. The monoisotopic (exact) mass is 625 g/mol. The molecule has 0 aromatic heterocycles. The van der Waals surface area contributed by atoms with Crippen LogP contribution in [0.15, 0.2) is 109 Å². The third-order valence-corrected chi connectivity index (χ3v) is 9.72. The normalized spacial score (nSPS) is 13.2. The van der Waals surface area contributed by atoms with E-state index in [9.17, 15) is 0 Å². The third kappa shape index (κ3) is 6.33. The first-order valence-corrected chi connectivity index (χ1v) is 16.5. The van der Waals surface area contributed by atoms with Crippen LogP contribution in [0.2, 0.25) is 0 Å². The van der Waals surface area contributed by atoms with Gasteiger partial charge in [0.2, 0.25) is 0 Å². The second kappa shape index (κ2) is 12.3. The maximum absolute atomic E-state index is 2.47. The molecule has 5 aromatic rings. The Morgan fingerprint density at radius 1 is 0.762 bits per heavy atom. The van der Waals surface area contributed by atoms with Crippen molar-refractivity contribution in [1.29, 1.82) is 0 Å². The maximum atomic E-state index is 2.47. The minimum atomic E-state index is 0.123. The van der Waals surface area contributed by atoms with Gasteiger partial charge in [0, 0.05) is 0 Å². The van der Waals surface area contributed by atoms with Gasteiger partial charge < -0.3 is 0 Å². The zero-order valence-corrected chi connectivity index (χ0v) is 28.8. The minimum absolute atomic E-state index is 0.123. The van der Waals surface area contributed by atoms with Crippen LogP contribution in [0.5, 0.6) is 0 Å². The zero-order chi connectivity index (χ0) is 30.1. The summed E-state index contributed by atoms with van der Waals surface area (Å²) in [7, 11) is 0. The van der Waals surface area contributed by atoms with Gasteiger partial charge in [-0.3, -0.25) is 0 Å². The standard InChI is InChI=1S/C28H33.C13H10.Zr/c1-8-18-16-23-22-14-13-21(27(2,3)4)15-20(22)17-24(23)25(19-11-9-10-12-19)26(18)28(5,6)7;1-3-7-12(8-4-1)11-13-9-5-2-6-10-13;/h9-11,13-17H,8,12H2,1-7H3;1-10H;/q-1;;. The molecule has 0 spiro atoms. The predicted molar refractivity (Wildman–Crippen MR) is 182 cm³/mol. The van der Waals surface area contributed by atoms with Crippen molar-refractivity contribution < 1.29 is 24.2 Å². The Morgan fingerprint density at radius 2 is 1.38 bits per heavy atom. The van der Waals surface area contributed by atoms with E-state index in [0.29, 0.717) is 0 Å². The number of hydrogen-bond acceptors (Lipinski definition) is 0. The van der Waals surface area contributed by atoms with Crippen LogP contribution in [0, 0.1) is 0 Å². The van der Waals surface area contributed by atoms with E-state index >= 15 is 0 Å². The molecule has 42 heavy (non-hydrogen) atoms. The van der Waals surface area contributed by atoms with Crippen LogP contribution < -0.4 is 0 Å². The Morgan fingerprint density at radius 3 is 1.88 bits per heavy atom. The molecule has 0 amide bonds. The summed E-state index contributed by atoms with van der Waals surface area (Å²) in [6, 6.07) is 33.1. The van der Waals surface area contributed by atoms with Gasteiger partial charge in [-0.2, -0.15) is 0 Å². The van der Waals surface area contributed by atoms with Gasteiger partial charge in [-0.05, 0) is 23.7 Å². The van der Waals surface area contributed by atoms with Crippen molar-refractivity contribution in [2.24, 2.45) is 0 Å². The molecule has 0 saturated heterocycles. The van der Waals surface area contributed by atoms with E-state index in [-0.39, 0.29) is 10.8 Å². The first-order chi connectivity index (χ1) is 20.0. The van der Waals surface area contributed by atoms with Crippen molar-refractivity contribution in [3.05, 3.63) is 143 Å². The van der Waals surface area contributed by atoms with Gasteiger partial charge in [0.05, 0.1) is 0 Å². The summed E-state index contributed by atoms with van der Waals surface area (Å²) < 4.78 is 1.42. The molecule has 5 aromatic carbocycles. The summed E-state index contributed by atoms with van der Waals surface area (Å²) in [5.74, 6) is 0. The van der Waals surface area contributed by atoms with E-state index in [1.54, 1.807) is 0 Å². The van der Waals surface area contributed by atoms with Crippen LogP contribution in [0.4, 0.5) is 0 Å². The number of allylic oxidation sites excluding steroid dienone is 4. The molecule has 6 rings (SSSR count). The van der Waals surface area contributed by atoms with E-state index in [0.717, 1.165) is 12.8 Å². The van der Waals surface area contributed by atoms with E-state index in [2.05, 4.69) is 158 Å². The number of rotatable bonds is 4. The van der Waals surface area contributed by atoms with Crippen molar-refractivity contribution in [2.75, 3.05) is 0 Å². The summed E-state index contributed by atoms with van der Waals surface area (Å²) in [5.41, 5.74) is 10.3. The average molecular weight is 627 g/mol. The average Bonchev–Trinajstić information content (AvgIpc) is 3.64. The molecular formula is C41H43Zr-. The third-order valence-electron chi connectivity index (χ3n) is 8.30. The summed E-state index contributed by atoms with van der Waals surface area (Å²) in [6.07, 6.45) is 8.93. The molecule has 0 heterocycles. The van der Waals surface area contributed by atoms with Crippen molar-refractivity contribution in [3.63, 3.8) is 0 Å². The summed E-state index contributed by atoms with van der Waals surface area (Å²) in [4.78, 5) is 0. The summed E-state index contributed by atoms with van der Waals surface area (Å²) >= 11 is 1.46. The first kappa shape index (κ1) is 30.4. The van der Waals surface area contributed by atoms with E-state index in [1.807, 2.05) is 0 Å². The number of aryl methyl sites for hydroxylation is 1. The fourth-order valence-electron chi connectivity index (χ4n) is 6.15. The van der Waals surface area contributed by atoms with E-state index in [1.165, 1.54) is 87.9 Å². The molecular weight excluding hydrogens is 584 g/mol. The zero-order valence-electron chi connectivity index (χ0n) is 26.3. The topological polar surface area (TPSA) is 0 Å². The Labute approximate surface area is 267 Å².